The fourth-order valence-corrected chi connectivity index (χ4v) is 2.67. The molecule has 0 saturated carbocycles. The maximum atomic E-state index is 12.1. The van der Waals surface area contributed by atoms with Gasteiger partial charge in [-0.05, 0) is 43.3 Å². The van der Waals surface area contributed by atoms with Crippen molar-refractivity contribution in [3.05, 3.63) is 72.6 Å². The molecule has 0 unspecified atom stereocenters. The summed E-state index contributed by atoms with van der Waals surface area (Å²) in [5.74, 6) is 1.15. The molecular weight excluding hydrogens is 342 g/mol. The van der Waals surface area contributed by atoms with E-state index < -0.39 is 0 Å². The lowest BCUT2D eigenvalue weighted by molar-refractivity contribution is -0.118. The van der Waals surface area contributed by atoms with E-state index in [0.29, 0.717) is 17.1 Å². The molecule has 0 aliphatic heterocycles. The number of hydrogen-bond donors (Lipinski definition) is 1. The van der Waals surface area contributed by atoms with Crippen LogP contribution >= 0.6 is 0 Å². The van der Waals surface area contributed by atoms with E-state index in [-0.39, 0.29) is 12.5 Å². The van der Waals surface area contributed by atoms with E-state index in [1.165, 1.54) is 0 Å². The zero-order valence-electron chi connectivity index (χ0n) is 14.7. The van der Waals surface area contributed by atoms with Crippen LogP contribution in [-0.4, -0.2) is 32.3 Å². The molecule has 0 radical (unpaired) electrons. The topological polar surface area (TPSA) is 81.4 Å². The Kier molecular flexibility index (Phi) is 4.49. The van der Waals surface area contributed by atoms with Gasteiger partial charge >= 0.3 is 0 Å². The van der Waals surface area contributed by atoms with Crippen molar-refractivity contribution in [3.63, 3.8) is 0 Å². The van der Waals surface area contributed by atoms with Crippen LogP contribution in [0.4, 0.5) is 5.69 Å². The summed E-state index contributed by atoms with van der Waals surface area (Å²) in [6.45, 7) is 1.79. The molecule has 0 atom stereocenters. The first-order valence-corrected chi connectivity index (χ1v) is 8.46. The summed E-state index contributed by atoms with van der Waals surface area (Å²) in [7, 11) is 0. The molecule has 27 heavy (non-hydrogen) atoms. The van der Waals surface area contributed by atoms with Crippen molar-refractivity contribution < 1.29 is 9.53 Å². The number of amides is 1. The van der Waals surface area contributed by atoms with Gasteiger partial charge in [0.05, 0.1) is 5.69 Å². The minimum absolute atomic E-state index is 0.0572. The number of carbonyl (C=O) groups is 1. The molecular formula is C20H17N5O2. The van der Waals surface area contributed by atoms with Gasteiger partial charge in [-0.15, -0.1) is 10.2 Å². The zero-order chi connectivity index (χ0) is 18.6. The highest BCUT2D eigenvalue weighted by atomic mass is 16.5. The van der Waals surface area contributed by atoms with Crippen LogP contribution in [0.25, 0.3) is 16.9 Å². The van der Waals surface area contributed by atoms with E-state index in [9.17, 15) is 4.79 Å². The monoisotopic (exact) mass is 359 g/mol. The molecule has 2 aromatic carbocycles. The van der Waals surface area contributed by atoms with Gasteiger partial charge in [0, 0.05) is 11.3 Å². The molecule has 0 spiro atoms. The van der Waals surface area contributed by atoms with Crippen molar-refractivity contribution in [2.75, 3.05) is 11.9 Å². The smallest absolute Gasteiger partial charge is 0.262 e. The number of benzene rings is 2. The van der Waals surface area contributed by atoms with E-state index in [0.717, 1.165) is 17.1 Å². The van der Waals surface area contributed by atoms with Crippen LogP contribution in [0, 0.1) is 6.92 Å². The summed E-state index contributed by atoms with van der Waals surface area (Å²) < 4.78 is 7.15. The summed E-state index contributed by atoms with van der Waals surface area (Å²) in [5, 5.41) is 15.4. The largest absolute Gasteiger partial charge is 0.484 e. The second-order valence-corrected chi connectivity index (χ2v) is 5.97. The van der Waals surface area contributed by atoms with Crippen molar-refractivity contribution >= 4 is 17.2 Å². The summed E-state index contributed by atoms with van der Waals surface area (Å²) in [6, 6.07) is 20.5. The number of nitrogens with zero attached hydrogens (tertiary/aromatic N) is 4. The molecule has 0 aliphatic rings. The van der Waals surface area contributed by atoms with Crippen LogP contribution < -0.4 is 10.1 Å². The molecule has 0 saturated heterocycles. The quantitative estimate of drug-likeness (QED) is 0.592. The number of hydrogen-bond acceptors (Lipinski definition) is 5. The molecule has 2 aromatic heterocycles. The summed E-state index contributed by atoms with van der Waals surface area (Å²) in [4.78, 5) is 12.1. The molecule has 7 nitrogen and oxygen atoms in total. The van der Waals surface area contributed by atoms with Crippen LogP contribution in [0.3, 0.4) is 0 Å². The third kappa shape index (κ3) is 3.77. The molecule has 4 rings (SSSR count). The van der Waals surface area contributed by atoms with Gasteiger partial charge in [0.25, 0.3) is 5.91 Å². The zero-order valence-corrected chi connectivity index (χ0v) is 14.7. The van der Waals surface area contributed by atoms with Crippen LogP contribution in [0.2, 0.25) is 0 Å². The molecule has 2 heterocycles. The maximum absolute atomic E-state index is 12.1. The molecule has 4 aromatic rings. The van der Waals surface area contributed by atoms with Crippen LogP contribution in [0.5, 0.6) is 5.75 Å². The van der Waals surface area contributed by atoms with Crippen LogP contribution in [0.15, 0.2) is 66.7 Å². The molecule has 0 bridgehead atoms. The summed E-state index contributed by atoms with van der Waals surface area (Å²) in [6.07, 6.45) is 0. The second-order valence-electron chi connectivity index (χ2n) is 5.97. The van der Waals surface area contributed by atoms with Gasteiger partial charge in [-0.2, -0.15) is 9.61 Å². The Bertz CT molecular complexity index is 1090. The fraction of sp³-hybridized carbons (Fsp3) is 0.100. The van der Waals surface area contributed by atoms with Gasteiger partial charge in [-0.25, -0.2) is 0 Å². The number of aromatic nitrogens is 4. The average molecular weight is 359 g/mol. The lowest BCUT2D eigenvalue weighted by atomic mass is 10.1. The summed E-state index contributed by atoms with van der Waals surface area (Å²) >= 11 is 0. The number of anilines is 1. The van der Waals surface area contributed by atoms with E-state index in [1.54, 1.807) is 4.52 Å². The number of para-hydroxylation sites is 1. The number of rotatable bonds is 5. The lowest BCUT2D eigenvalue weighted by Crippen LogP contribution is -2.20. The fourth-order valence-electron chi connectivity index (χ4n) is 2.67. The first-order chi connectivity index (χ1) is 13.2. The minimum atomic E-state index is -0.228. The van der Waals surface area contributed by atoms with Crippen molar-refractivity contribution in [1.82, 2.24) is 19.8 Å². The normalized spacial score (nSPS) is 10.7. The number of carbonyl (C=O) groups excluding carboxylic acids is 1. The Morgan fingerprint density at radius 1 is 1.04 bits per heavy atom. The SMILES string of the molecule is Cc1nnc2ccc(-c3cccc(NC(=O)COc4ccccc4)c3)nn12. The van der Waals surface area contributed by atoms with Gasteiger partial charge in [-0.1, -0.05) is 30.3 Å². The van der Waals surface area contributed by atoms with Gasteiger partial charge in [0.1, 0.15) is 5.75 Å². The van der Waals surface area contributed by atoms with E-state index in [1.807, 2.05) is 73.7 Å². The Morgan fingerprint density at radius 3 is 2.74 bits per heavy atom. The van der Waals surface area contributed by atoms with E-state index in [4.69, 9.17) is 4.74 Å². The van der Waals surface area contributed by atoms with Gasteiger partial charge in [-0.3, -0.25) is 4.79 Å². The van der Waals surface area contributed by atoms with Gasteiger partial charge in [0.2, 0.25) is 0 Å². The average Bonchev–Trinajstić information content (AvgIpc) is 3.08. The maximum Gasteiger partial charge on any atom is 0.262 e. The second kappa shape index (κ2) is 7.25. The van der Waals surface area contributed by atoms with Gasteiger partial charge < -0.3 is 10.1 Å². The third-order valence-corrected chi connectivity index (χ3v) is 3.97. The van der Waals surface area contributed by atoms with E-state index in [2.05, 4.69) is 20.6 Å². The Labute approximate surface area is 155 Å². The van der Waals surface area contributed by atoms with Crippen LogP contribution in [0.1, 0.15) is 5.82 Å². The van der Waals surface area contributed by atoms with Crippen molar-refractivity contribution in [2.24, 2.45) is 0 Å². The van der Waals surface area contributed by atoms with Crippen LogP contribution in [-0.2, 0) is 4.79 Å². The highest BCUT2D eigenvalue weighted by Gasteiger charge is 2.08. The molecule has 134 valence electrons. The molecule has 0 aliphatic carbocycles. The van der Waals surface area contributed by atoms with Crippen molar-refractivity contribution in [2.45, 2.75) is 6.92 Å². The third-order valence-electron chi connectivity index (χ3n) is 3.97. The molecule has 1 amide bonds. The van der Waals surface area contributed by atoms with Crippen molar-refractivity contribution in [3.8, 4) is 17.0 Å². The molecule has 1 N–H and O–H groups in total. The summed E-state index contributed by atoms with van der Waals surface area (Å²) in [5.41, 5.74) is 3.02. The number of nitrogens with one attached hydrogen (secondary N) is 1. The highest BCUT2D eigenvalue weighted by molar-refractivity contribution is 5.92. The van der Waals surface area contributed by atoms with E-state index >= 15 is 0 Å². The standard InChI is InChI=1S/C20H17N5O2/c1-14-22-23-19-11-10-18(24-25(14)19)15-6-5-7-16(12-15)21-20(26)13-27-17-8-3-2-4-9-17/h2-12H,13H2,1H3,(H,21,26). The predicted octanol–water partition coefficient (Wildman–Crippen LogP) is 3.12. The minimum Gasteiger partial charge on any atom is -0.484 e. The first kappa shape index (κ1) is 16.7. The Balaban J connectivity index is 1.48. The highest BCUT2D eigenvalue weighted by Crippen LogP contribution is 2.21. The van der Waals surface area contributed by atoms with Gasteiger partial charge in [0.15, 0.2) is 18.1 Å². The molecule has 0 fully saturated rings. The number of fused-ring (bicyclic) bond motifs is 1. The van der Waals surface area contributed by atoms with Crippen molar-refractivity contribution in [1.29, 1.82) is 0 Å². The Hall–Kier alpha value is -3.74. The lowest BCUT2D eigenvalue weighted by Gasteiger charge is -2.09. The Morgan fingerprint density at radius 2 is 1.89 bits per heavy atom. The number of ether oxygens (including phenoxy) is 1. The number of aryl methyl sites for hydroxylation is 1. The predicted molar refractivity (Wildman–Crippen MR) is 102 cm³/mol. The first-order valence-electron chi connectivity index (χ1n) is 8.46. The molecule has 7 heteroatoms.